The van der Waals surface area contributed by atoms with E-state index in [0.717, 1.165) is 19.5 Å². The molecular weight excluding hydrogens is 627 g/mol. The molecule has 0 aliphatic carbocycles. The minimum atomic E-state index is -2.09. The summed E-state index contributed by atoms with van der Waals surface area (Å²) in [6, 6.07) is 32.6. The largest absolute Gasteiger partial charge is 0.466 e. The predicted octanol–water partition coefficient (Wildman–Crippen LogP) is 7.10. The van der Waals surface area contributed by atoms with Crippen molar-refractivity contribution in [1.82, 2.24) is 14.7 Å². The second-order valence-corrected chi connectivity index (χ2v) is 19.6. The van der Waals surface area contributed by atoms with Crippen LogP contribution in [0.15, 0.2) is 103 Å². The molecule has 8 heteroatoms. The lowest BCUT2D eigenvalue weighted by Gasteiger charge is -2.50. The average molecular weight is 682 g/mol. The lowest BCUT2D eigenvalue weighted by molar-refractivity contribution is -0.144. The molecule has 0 bridgehead atoms. The van der Waals surface area contributed by atoms with Gasteiger partial charge in [0.2, 0.25) is 5.91 Å². The van der Waals surface area contributed by atoms with E-state index in [9.17, 15) is 9.59 Å². The van der Waals surface area contributed by atoms with Crippen molar-refractivity contribution >= 4 is 20.2 Å². The van der Waals surface area contributed by atoms with Crippen molar-refractivity contribution in [1.29, 1.82) is 0 Å². The van der Waals surface area contributed by atoms with Crippen LogP contribution in [0, 0.1) is 0 Å². The fourth-order valence-electron chi connectivity index (χ4n) is 6.95. The second-order valence-electron chi connectivity index (χ2n) is 14.8. The number of piperazine rings is 1. The predicted molar refractivity (Wildman–Crippen MR) is 200 cm³/mol. The van der Waals surface area contributed by atoms with Gasteiger partial charge in [-0.25, -0.2) is 0 Å². The Hall–Kier alpha value is -3.56. The number of benzene rings is 3. The summed E-state index contributed by atoms with van der Waals surface area (Å²) < 4.78 is 12.3. The van der Waals surface area contributed by atoms with E-state index in [1.54, 1.807) is 0 Å². The number of likely N-dealkylation sites (tertiary alicyclic amines) is 1. The molecule has 3 aromatic rings. The van der Waals surface area contributed by atoms with Crippen molar-refractivity contribution in [3.8, 4) is 0 Å². The van der Waals surface area contributed by atoms with E-state index in [4.69, 9.17) is 9.16 Å². The van der Waals surface area contributed by atoms with Crippen LogP contribution in [0.3, 0.4) is 0 Å². The summed E-state index contributed by atoms with van der Waals surface area (Å²) >= 11 is 0. The van der Waals surface area contributed by atoms with Crippen molar-refractivity contribution in [2.45, 2.75) is 70.3 Å². The maximum Gasteiger partial charge on any atom is 0.307 e. The highest BCUT2D eigenvalue weighted by molar-refractivity contribution is 6.74. The molecular formula is C41H55N3O4Si. The number of hydrogen-bond acceptors (Lipinski definition) is 6. The molecule has 5 rings (SSSR count). The van der Waals surface area contributed by atoms with E-state index in [2.05, 4.69) is 141 Å². The van der Waals surface area contributed by atoms with Crippen LogP contribution in [-0.4, -0.2) is 93.4 Å². The van der Waals surface area contributed by atoms with E-state index in [0.29, 0.717) is 45.8 Å². The van der Waals surface area contributed by atoms with Crippen LogP contribution in [0.5, 0.6) is 0 Å². The molecule has 49 heavy (non-hydrogen) atoms. The maximum atomic E-state index is 13.4. The summed E-state index contributed by atoms with van der Waals surface area (Å²) in [5.74, 6) is -0.122. The first-order chi connectivity index (χ1) is 23.5. The Labute approximate surface area is 295 Å². The van der Waals surface area contributed by atoms with Crippen molar-refractivity contribution in [3.63, 3.8) is 0 Å². The van der Waals surface area contributed by atoms with Gasteiger partial charge in [0.05, 0.1) is 31.2 Å². The number of esters is 1. The minimum absolute atomic E-state index is 0.0156. The highest BCUT2D eigenvalue weighted by Crippen LogP contribution is 2.45. The van der Waals surface area contributed by atoms with Gasteiger partial charge in [-0.2, -0.15) is 0 Å². The fraction of sp³-hybridized carbons (Fsp3) is 0.463. The average Bonchev–Trinajstić information content (AvgIpc) is 3.09. The van der Waals surface area contributed by atoms with E-state index < -0.39 is 13.9 Å². The standard InChI is InChI=1S/C41H55N3O4Si/c1-7-47-39(46)25-26-42-29-30-43(38(45)32-42)27-23-33-31-44(28-24-37(33)48-49(5,6)40(2,3)4)41(34-17-11-8-12-18-34,35-19-13-9-14-20-35)36-21-15-10-16-22-36/h8-23,37H,7,24-32H2,1-6H3/b33-23-. The monoisotopic (exact) mass is 681 g/mol. The van der Waals surface area contributed by atoms with Crippen molar-refractivity contribution < 1.29 is 18.8 Å². The zero-order chi connectivity index (χ0) is 35.1. The summed E-state index contributed by atoms with van der Waals surface area (Å²) in [6.07, 6.45) is 3.43. The highest BCUT2D eigenvalue weighted by atomic mass is 28.4. The number of carbonyl (C=O) groups is 2. The van der Waals surface area contributed by atoms with Crippen molar-refractivity contribution in [2.24, 2.45) is 0 Å². The third-order valence-electron chi connectivity index (χ3n) is 10.6. The van der Waals surface area contributed by atoms with Gasteiger partial charge >= 0.3 is 5.97 Å². The molecule has 2 heterocycles. The smallest absolute Gasteiger partial charge is 0.307 e. The van der Waals surface area contributed by atoms with Crippen LogP contribution < -0.4 is 0 Å². The normalized spacial score (nSPS) is 19.3. The lowest BCUT2D eigenvalue weighted by atomic mass is 9.74. The second kappa shape index (κ2) is 16.0. The number of piperidine rings is 1. The molecule has 0 saturated carbocycles. The molecule has 1 unspecified atom stereocenters. The van der Waals surface area contributed by atoms with Crippen LogP contribution in [0.2, 0.25) is 18.1 Å². The molecule has 0 spiro atoms. The first-order valence-electron chi connectivity index (χ1n) is 17.9. The lowest BCUT2D eigenvalue weighted by Crippen LogP contribution is -2.55. The van der Waals surface area contributed by atoms with Gasteiger partial charge in [-0.1, -0.05) is 118 Å². The van der Waals surface area contributed by atoms with Crippen LogP contribution in [0.25, 0.3) is 0 Å². The van der Waals surface area contributed by atoms with Gasteiger partial charge in [0.15, 0.2) is 8.32 Å². The molecule has 7 nitrogen and oxygen atoms in total. The summed E-state index contributed by atoms with van der Waals surface area (Å²) in [6.45, 7) is 18.1. The van der Waals surface area contributed by atoms with Gasteiger partial charge in [0.1, 0.15) is 0 Å². The third-order valence-corrected chi connectivity index (χ3v) is 15.1. The van der Waals surface area contributed by atoms with Gasteiger partial charge in [-0.05, 0) is 53.7 Å². The van der Waals surface area contributed by atoms with Gasteiger partial charge in [0, 0.05) is 39.3 Å². The van der Waals surface area contributed by atoms with E-state index in [1.807, 2.05) is 11.8 Å². The molecule has 0 N–H and O–H groups in total. The molecule has 1 amide bonds. The number of nitrogens with zero attached hydrogens (tertiary/aromatic N) is 3. The Morgan fingerprint density at radius 1 is 0.837 bits per heavy atom. The first kappa shape index (κ1) is 36.7. The van der Waals surface area contributed by atoms with E-state index in [1.165, 1.54) is 22.3 Å². The highest BCUT2D eigenvalue weighted by Gasteiger charge is 2.46. The number of carbonyl (C=O) groups excluding carboxylic acids is 2. The van der Waals surface area contributed by atoms with Gasteiger partial charge in [0.25, 0.3) is 0 Å². The van der Waals surface area contributed by atoms with Crippen LogP contribution >= 0.6 is 0 Å². The molecule has 3 aromatic carbocycles. The minimum Gasteiger partial charge on any atom is -0.466 e. The number of hydrogen-bond donors (Lipinski definition) is 0. The van der Waals surface area contributed by atoms with Gasteiger partial charge in [-0.3, -0.25) is 19.4 Å². The summed E-state index contributed by atoms with van der Waals surface area (Å²) in [5, 5.41) is 0.0764. The Bertz CT molecular complexity index is 1460. The number of rotatable bonds is 12. The van der Waals surface area contributed by atoms with E-state index >= 15 is 0 Å². The molecule has 262 valence electrons. The Kier molecular flexibility index (Phi) is 12.0. The topological polar surface area (TPSA) is 62.3 Å². The Morgan fingerprint density at radius 2 is 1.39 bits per heavy atom. The summed E-state index contributed by atoms with van der Waals surface area (Å²) in [5.41, 5.74) is 4.39. The molecule has 2 aliphatic rings. The third kappa shape index (κ3) is 8.43. The van der Waals surface area contributed by atoms with Crippen LogP contribution in [-0.2, 0) is 24.3 Å². The van der Waals surface area contributed by atoms with Gasteiger partial charge < -0.3 is 14.1 Å². The molecule has 0 radical (unpaired) electrons. The van der Waals surface area contributed by atoms with E-state index in [-0.39, 0.29) is 23.0 Å². The fourth-order valence-corrected chi connectivity index (χ4v) is 8.28. The molecule has 2 saturated heterocycles. The van der Waals surface area contributed by atoms with Gasteiger partial charge in [-0.15, -0.1) is 0 Å². The Balaban J connectivity index is 1.48. The first-order valence-corrected chi connectivity index (χ1v) is 20.8. The van der Waals surface area contributed by atoms with Crippen LogP contribution in [0.1, 0.15) is 57.2 Å². The summed E-state index contributed by atoms with van der Waals surface area (Å²) in [4.78, 5) is 31.9. The molecule has 2 aliphatic heterocycles. The number of amides is 1. The number of ether oxygens (including phenoxy) is 1. The Morgan fingerprint density at radius 3 is 1.88 bits per heavy atom. The molecule has 2 fully saturated rings. The maximum absolute atomic E-state index is 13.4. The quantitative estimate of drug-likeness (QED) is 0.0880. The van der Waals surface area contributed by atoms with Crippen molar-refractivity contribution in [2.75, 3.05) is 52.4 Å². The SMILES string of the molecule is CCOC(=O)CCN1CCN(C/C=C2/CN(C(c3ccccc3)(c3ccccc3)c3ccccc3)CCC2O[Si](C)(C)C(C)(C)C)C(=O)C1. The van der Waals surface area contributed by atoms with Crippen LogP contribution in [0.4, 0.5) is 0 Å². The molecule has 1 atom stereocenters. The zero-order valence-electron chi connectivity index (χ0n) is 30.4. The summed E-state index contributed by atoms with van der Waals surface area (Å²) in [7, 11) is -2.09. The molecule has 0 aromatic heterocycles. The van der Waals surface area contributed by atoms with Crippen molar-refractivity contribution in [3.05, 3.63) is 119 Å². The zero-order valence-corrected chi connectivity index (χ0v) is 31.4.